The summed E-state index contributed by atoms with van der Waals surface area (Å²) in [5.74, 6) is 0.409. The SMILES string of the molecule is CC1(C)CC(=O)c2c(C(=O)Nc3ccc(N4CCN(S(C)(=O)=O)CC4)cn3)coc2C1. The van der Waals surface area contributed by atoms with Crippen molar-refractivity contribution < 1.29 is 22.4 Å². The molecule has 31 heavy (non-hydrogen) atoms. The van der Waals surface area contributed by atoms with Crippen LogP contribution in [0.1, 0.15) is 46.7 Å². The Morgan fingerprint density at radius 1 is 1.16 bits per heavy atom. The zero-order valence-corrected chi connectivity index (χ0v) is 18.7. The molecular formula is C21H26N4O5S. The molecule has 9 nitrogen and oxygen atoms in total. The summed E-state index contributed by atoms with van der Waals surface area (Å²) in [5, 5.41) is 2.72. The summed E-state index contributed by atoms with van der Waals surface area (Å²) in [6.45, 7) is 5.99. The van der Waals surface area contributed by atoms with E-state index in [0.717, 1.165) is 5.69 Å². The minimum Gasteiger partial charge on any atom is -0.468 e. The van der Waals surface area contributed by atoms with Gasteiger partial charge in [0.15, 0.2) is 5.78 Å². The van der Waals surface area contributed by atoms with Crippen molar-refractivity contribution >= 4 is 33.2 Å². The number of fused-ring (bicyclic) bond motifs is 1. The Morgan fingerprint density at radius 2 is 1.87 bits per heavy atom. The molecule has 10 heteroatoms. The number of hydrogen-bond acceptors (Lipinski definition) is 7. The van der Waals surface area contributed by atoms with Crippen LogP contribution in [0.4, 0.5) is 11.5 Å². The Hall–Kier alpha value is -2.72. The molecule has 0 radical (unpaired) electrons. The molecule has 1 N–H and O–H groups in total. The number of sulfonamides is 1. The van der Waals surface area contributed by atoms with Crippen molar-refractivity contribution in [2.75, 3.05) is 42.7 Å². The third-order valence-corrected chi connectivity index (χ3v) is 7.03. The molecule has 1 aliphatic heterocycles. The number of amides is 1. The van der Waals surface area contributed by atoms with Gasteiger partial charge in [-0.3, -0.25) is 9.59 Å². The van der Waals surface area contributed by atoms with Crippen LogP contribution in [0.15, 0.2) is 29.0 Å². The van der Waals surface area contributed by atoms with E-state index in [9.17, 15) is 18.0 Å². The lowest BCUT2D eigenvalue weighted by molar-refractivity contribution is 0.0895. The van der Waals surface area contributed by atoms with E-state index in [4.69, 9.17) is 4.42 Å². The van der Waals surface area contributed by atoms with Crippen LogP contribution in [0, 0.1) is 5.41 Å². The summed E-state index contributed by atoms with van der Waals surface area (Å²) >= 11 is 0. The number of furan rings is 1. The van der Waals surface area contributed by atoms with Gasteiger partial charge in [-0.1, -0.05) is 13.8 Å². The summed E-state index contributed by atoms with van der Waals surface area (Å²) in [5.41, 5.74) is 1.28. The lowest BCUT2D eigenvalue weighted by Gasteiger charge is -2.34. The third-order valence-electron chi connectivity index (χ3n) is 5.73. The molecule has 166 valence electrons. The molecule has 1 saturated heterocycles. The standard InChI is InChI=1S/C21H26N4O5S/c1-21(2)10-16(26)19-15(13-30-17(19)11-21)20(27)23-18-5-4-14(12-22-18)24-6-8-25(9-7-24)31(3,28)29/h4-5,12-13H,6-11H2,1-3H3,(H,22,23,27). The molecule has 3 heterocycles. The summed E-state index contributed by atoms with van der Waals surface area (Å²) in [6.07, 6.45) is 5.19. The molecule has 0 spiro atoms. The number of nitrogens with zero attached hydrogens (tertiary/aromatic N) is 3. The van der Waals surface area contributed by atoms with Gasteiger partial charge < -0.3 is 14.6 Å². The molecule has 1 aliphatic carbocycles. The molecule has 0 saturated carbocycles. The second kappa shape index (κ2) is 7.76. The van der Waals surface area contributed by atoms with Crippen molar-refractivity contribution in [3.63, 3.8) is 0 Å². The second-order valence-corrected chi connectivity index (χ2v) is 10.9. The fourth-order valence-electron chi connectivity index (χ4n) is 4.13. The second-order valence-electron chi connectivity index (χ2n) is 8.89. The minimum atomic E-state index is -3.18. The van der Waals surface area contributed by atoms with E-state index < -0.39 is 15.9 Å². The van der Waals surface area contributed by atoms with Gasteiger partial charge in [0.25, 0.3) is 5.91 Å². The van der Waals surface area contributed by atoms with E-state index >= 15 is 0 Å². The average Bonchev–Trinajstić information content (AvgIpc) is 3.11. The van der Waals surface area contributed by atoms with Crippen molar-refractivity contribution in [3.05, 3.63) is 41.5 Å². The van der Waals surface area contributed by atoms with Gasteiger partial charge in [0, 0.05) is 39.0 Å². The first-order chi connectivity index (χ1) is 14.5. The predicted octanol–water partition coefficient (Wildman–Crippen LogP) is 2.16. The number of hydrogen-bond donors (Lipinski definition) is 1. The highest BCUT2D eigenvalue weighted by Gasteiger charge is 2.36. The highest BCUT2D eigenvalue weighted by Crippen LogP contribution is 2.37. The fraction of sp³-hybridized carbons (Fsp3) is 0.476. The van der Waals surface area contributed by atoms with Crippen molar-refractivity contribution in [2.24, 2.45) is 5.41 Å². The Balaban J connectivity index is 1.42. The highest BCUT2D eigenvalue weighted by molar-refractivity contribution is 7.88. The molecule has 1 amide bonds. The van der Waals surface area contributed by atoms with Gasteiger partial charge in [0.05, 0.1) is 29.3 Å². The number of anilines is 2. The zero-order chi connectivity index (χ0) is 22.4. The Morgan fingerprint density at radius 3 is 2.48 bits per heavy atom. The molecule has 1 fully saturated rings. The molecule has 2 aliphatic rings. The van der Waals surface area contributed by atoms with E-state index in [-0.39, 0.29) is 16.8 Å². The maximum Gasteiger partial charge on any atom is 0.260 e. The summed E-state index contributed by atoms with van der Waals surface area (Å²) in [7, 11) is -3.18. The molecule has 0 bridgehead atoms. The van der Waals surface area contributed by atoms with Gasteiger partial charge in [-0.15, -0.1) is 0 Å². The Bertz CT molecular complexity index is 1110. The number of carbonyl (C=O) groups is 2. The van der Waals surface area contributed by atoms with Gasteiger partial charge in [0.1, 0.15) is 17.8 Å². The zero-order valence-electron chi connectivity index (χ0n) is 17.8. The van der Waals surface area contributed by atoms with Gasteiger partial charge in [-0.05, 0) is 17.5 Å². The molecule has 2 aromatic heterocycles. The fourth-order valence-corrected chi connectivity index (χ4v) is 4.96. The number of carbonyl (C=O) groups excluding carboxylic acids is 2. The summed E-state index contributed by atoms with van der Waals surface area (Å²) in [6, 6.07) is 3.52. The van der Waals surface area contributed by atoms with E-state index in [1.54, 1.807) is 12.3 Å². The van der Waals surface area contributed by atoms with Crippen LogP contribution in [-0.2, 0) is 16.4 Å². The average molecular weight is 447 g/mol. The van der Waals surface area contributed by atoms with Crippen molar-refractivity contribution in [1.29, 1.82) is 0 Å². The first-order valence-corrected chi connectivity index (χ1v) is 12.0. The first kappa shape index (κ1) is 21.5. The van der Waals surface area contributed by atoms with E-state index in [1.165, 1.54) is 16.8 Å². The molecule has 0 aromatic carbocycles. The molecule has 0 unspecified atom stereocenters. The quantitative estimate of drug-likeness (QED) is 0.766. The monoisotopic (exact) mass is 446 g/mol. The number of ketones is 1. The predicted molar refractivity (Wildman–Crippen MR) is 116 cm³/mol. The molecule has 2 aromatic rings. The minimum absolute atomic E-state index is 0.0818. The van der Waals surface area contributed by atoms with Crippen LogP contribution < -0.4 is 10.2 Å². The summed E-state index contributed by atoms with van der Waals surface area (Å²) < 4.78 is 30.3. The van der Waals surface area contributed by atoms with Gasteiger partial charge in [-0.2, -0.15) is 4.31 Å². The van der Waals surface area contributed by atoms with Gasteiger partial charge in [0.2, 0.25) is 10.0 Å². The lowest BCUT2D eigenvalue weighted by Crippen LogP contribution is -2.48. The van der Waals surface area contributed by atoms with Gasteiger partial charge in [-0.25, -0.2) is 13.4 Å². The van der Waals surface area contributed by atoms with Crippen LogP contribution in [0.2, 0.25) is 0 Å². The van der Waals surface area contributed by atoms with Crippen molar-refractivity contribution in [1.82, 2.24) is 9.29 Å². The van der Waals surface area contributed by atoms with Crippen molar-refractivity contribution in [2.45, 2.75) is 26.7 Å². The smallest absolute Gasteiger partial charge is 0.260 e. The summed E-state index contributed by atoms with van der Waals surface area (Å²) in [4.78, 5) is 31.6. The van der Waals surface area contributed by atoms with Crippen LogP contribution in [0.3, 0.4) is 0 Å². The van der Waals surface area contributed by atoms with Crippen LogP contribution >= 0.6 is 0 Å². The largest absolute Gasteiger partial charge is 0.468 e. The third kappa shape index (κ3) is 4.49. The number of piperazine rings is 1. The first-order valence-electron chi connectivity index (χ1n) is 10.1. The van der Waals surface area contributed by atoms with Gasteiger partial charge >= 0.3 is 0 Å². The number of Topliss-reactive ketones (excluding diaryl/α,β-unsaturated/α-hetero) is 1. The number of pyridine rings is 1. The topological polar surface area (TPSA) is 113 Å². The van der Waals surface area contributed by atoms with E-state index in [1.807, 2.05) is 24.8 Å². The Labute approximate surface area is 181 Å². The van der Waals surface area contributed by atoms with E-state index in [2.05, 4.69) is 10.3 Å². The maximum atomic E-state index is 12.7. The maximum absolute atomic E-state index is 12.7. The molecular weight excluding hydrogens is 420 g/mol. The number of rotatable bonds is 4. The number of nitrogens with one attached hydrogen (secondary N) is 1. The number of aromatic nitrogens is 1. The van der Waals surface area contributed by atoms with Crippen LogP contribution in [0.25, 0.3) is 0 Å². The van der Waals surface area contributed by atoms with Crippen LogP contribution in [-0.4, -0.2) is 61.8 Å². The Kier molecular flexibility index (Phi) is 5.38. The van der Waals surface area contributed by atoms with Crippen molar-refractivity contribution in [3.8, 4) is 0 Å². The molecule has 0 atom stereocenters. The normalized spacial score (nSPS) is 19.2. The molecule has 4 rings (SSSR count). The van der Waals surface area contributed by atoms with Crippen LogP contribution in [0.5, 0.6) is 0 Å². The lowest BCUT2D eigenvalue weighted by atomic mass is 9.76. The van der Waals surface area contributed by atoms with E-state index in [0.29, 0.717) is 56.2 Å². The highest BCUT2D eigenvalue weighted by atomic mass is 32.2.